The van der Waals surface area contributed by atoms with E-state index in [0.29, 0.717) is 11.3 Å². The quantitative estimate of drug-likeness (QED) is 0.891. The van der Waals surface area contributed by atoms with Crippen LogP contribution in [0, 0.1) is 0 Å². The van der Waals surface area contributed by atoms with Crippen LogP contribution in [0.25, 0.3) is 0 Å². The van der Waals surface area contributed by atoms with Crippen molar-refractivity contribution < 1.29 is 9.59 Å². The second-order valence-corrected chi connectivity index (χ2v) is 6.79. The monoisotopic (exact) mass is 338 g/mol. The Morgan fingerprint density at radius 1 is 1.24 bits per heavy atom. The van der Waals surface area contributed by atoms with Crippen LogP contribution in [0.2, 0.25) is 0 Å². The van der Waals surface area contributed by atoms with Crippen LogP contribution in [-0.2, 0) is 6.42 Å². The lowest BCUT2D eigenvalue weighted by atomic mass is 10.1. The molecule has 1 aromatic carbocycles. The number of H-pyrrole nitrogens is 1. The van der Waals surface area contributed by atoms with Gasteiger partial charge in [0, 0.05) is 37.6 Å². The molecule has 6 nitrogen and oxygen atoms in total. The minimum atomic E-state index is -0.526. The Labute approximate surface area is 146 Å². The maximum absolute atomic E-state index is 12.8. The summed E-state index contributed by atoms with van der Waals surface area (Å²) in [5, 5.41) is 0. The molecule has 0 radical (unpaired) electrons. The van der Waals surface area contributed by atoms with E-state index in [1.165, 1.54) is 17.4 Å². The van der Waals surface area contributed by atoms with Gasteiger partial charge in [-0.15, -0.1) is 0 Å². The Morgan fingerprint density at radius 2 is 2.08 bits per heavy atom. The van der Waals surface area contributed by atoms with Crippen LogP contribution in [-0.4, -0.2) is 47.4 Å². The predicted octanol–water partition coefficient (Wildman–Crippen LogP) is 1.78. The van der Waals surface area contributed by atoms with Gasteiger partial charge in [0.2, 0.25) is 5.91 Å². The second kappa shape index (κ2) is 6.27. The van der Waals surface area contributed by atoms with Crippen LogP contribution in [0.1, 0.15) is 39.3 Å². The van der Waals surface area contributed by atoms with E-state index < -0.39 is 5.91 Å². The Morgan fingerprint density at radius 3 is 2.88 bits per heavy atom. The van der Waals surface area contributed by atoms with Gasteiger partial charge in [0.15, 0.2) is 0 Å². The van der Waals surface area contributed by atoms with Crippen molar-refractivity contribution in [3.05, 3.63) is 53.3 Å². The molecule has 2 aliphatic heterocycles. The molecule has 2 aromatic rings. The maximum atomic E-state index is 12.8. The topological polar surface area (TPSA) is 82.4 Å². The molecule has 1 saturated heterocycles. The second-order valence-electron chi connectivity index (χ2n) is 6.79. The average molecular weight is 338 g/mol. The van der Waals surface area contributed by atoms with Crippen molar-refractivity contribution in [2.45, 2.75) is 25.3 Å². The van der Waals surface area contributed by atoms with Gasteiger partial charge in [-0.3, -0.25) is 9.59 Å². The summed E-state index contributed by atoms with van der Waals surface area (Å²) in [6.07, 6.45) is 4.58. The molecule has 0 saturated carbocycles. The maximum Gasteiger partial charge on any atom is 0.270 e. The summed E-state index contributed by atoms with van der Waals surface area (Å²) in [5.74, 6) is -0.579. The normalized spacial score (nSPS) is 19.3. The van der Waals surface area contributed by atoms with Gasteiger partial charge in [0.05, 0.1) is 5.56 Å². The fourth-order valence-electron chi connectivity index (χ4n) is 3.96. The summed E-state index contributed by atoms with van der Waals surface area (Å²) in [4.78, 5) is 31.3. The number of aromatic nitrogens is 1. The van der Waals surface area contributed by atoms with E-state index in [1.807, 2.05) is 4.90 Å². The van der Waals surface area contributed by atoms with Gasteiger partial charge in [-0.1, -0.05) is 18.2 Å². The number of benzene rings is 1. The van der Waals surface area contributed by atoms with Crippen molar-refractivity contribution >= 4 is 17.5 Å². The van der Waals surface area contributed by atoms with Crippen LogP contribution in [0.3, 0.4) is 0 Å². The molecule has 1 aromatic heterocycles. The minimum Gasteiger partial charge on any atom is -0.369 e. The fraction of sp³-hybridized carbons (Fsp3) is 0.368. The number of aromatic amines is 1. The molecule has 2 aliphatic rings. The third-order valence-corrected chi connectivity index (χ3v) is 5.25. The number of carbonyl (C=O) groups excluding carboxylic acids is 2. The van der Waals surface area contributed by atoms with Gasteiger partial charge in [-0.25, -0.2) is 0 Å². The average Bonchev–Trinajstić information content (AvgIpc) is 3.34. The van der Waals surface area contributed by atoms with Gasteiger partial charge in [-0.2, -0.15) is 0 Å². The van der Waals surface area contributed by atoms with Gasteiger partial charge < -0.3 is 20.5 Å². The molecule has 2 amide bonds. The summed E-state index contributed by atoms with van der Waals surface area (Å²) in [7, 11) is 0. The van der Waals surface area contributed by atoms with E-state index in [2.05, 4.69) is 34.1 Å². The number of amides is 2. The smallest absolute Gasteiger partial charge is 0.270 e. The standard InChI is InChI=1S/C19H22N4O2/c20-18(24)14-10-16(21-11-14)19(25)23-8-3-5-15(23)12-22-9-7-13-4-1-2-6-17(13)22/h1-2,4,6,10-11,15,21H,3,5,7-9,12H2,(H2,20,24). The summed E-state index contributed by atoms with van der Waals surface area (Å²) in [5.41, 5.74) is 8.72. The van der Waals surface area contributed by atoms with Gasteiger partial charge >= 0.3 is 0 Å². The molecule has 3 N–H and O–H groups in total. The van der Waals surface area contributed by atoms with Crippen molar-refractivity contribution in [3.8, 4) is 0 Å². The zero-order valence-electron chi connectivity index (χ0n) is 14.1. The molecule has 0 bridgehead atoms. The zero-order valence-corrected chi connectivity index (χ0v) is 14.1. The van der Waals surface area contributed by atoms with Crippen molar-refractivity contribution in [3.63, 3.8) is 0 Å². The highest BCUT2D eigenvalue weighted by atomic mass is 16.2. The number of hydrogen-bond donors (Lipinski definition) is 2. The van der Waals surface area contributed by atoms with Crippen LogP contribution in [0.4, 0.5) is 5.69 Å². The third-order valence-electron chi connectivity index (χ3n) is 5.25. The summed E-state index contributed by atoms with van der Waals surface area (Å²) < 4.78 is 0. The summed E-state index contributed by atoms with van der Waals surface area (Å²) in [6, 6.07) is 10.2. The Balaban J connectivity index is 1.49. The molecule has 1 atom stereocenters. The number of carbonyl (C=O) groups is 2. The van der Waals surface area contributed by atoms with Gasteiger partial charge in [0.1, 0.15) is 5.69 Å². The Kier molecular flexibility index (Phi) is 3.95. The molecule has 0 aliphatic carbocycles. The van der Waals surface area contributed by atoms with Crippen molar-refractivity contribution in [1.29, 1.82) is 0 Å². The summed E-state index contributed by atoms with van der Waals surface area (Å²) in [6.45, 7) is 2.61. The molecule has 6 heteroatoms. The lowest BCUT2D eigenvalue weighted by Gasteiger charge is -2.30. The van der Waals surface area contributed by atoms with Gasteiger partial charge in [-0.05, 0) is 37.0 Å². The summed E-state index contributed by atoms with van der Waals surface area (Å²) >= 11 is 0. The molecule has 3 heterocycles. The number of primary amides is 1. The number of para-hydroxylation sites is 1. The first-order chi connectivity index (χ1) is 12.1. The number of likely N-dealkylation sites (tertiary alicyclic amines) is 1. The van der Waals surface area contributed by atoms with E-state index in [0.717, 1.165) is 38.9 Å². The van der Waals surface area contributed by atoms with E-state index >= 15 is 0 Å². The first-order valence-corrected chi connectivity index (χ1v) is 8.75. The lowest BCUT2D eigenvalue weighted by Crippen LogP contribution is -2.43. The van der Waals surface area contributed by atoms with E-state index in [9.17, 15) is 9.59 Å². The Bertz CT molecular complexity index is 813. The van der Waals surface area contributed by atoms with E-state index in [1.54, 1.807) is 6.07 Å². The van der Waals surface area contributed by atoms with Gasteiger partial charge in [0.25, 0.3) is 5.91 Å². The molecule has 1 unspecified atom stereocenters. The van der Waals surface area contributed by atoms with E-state index in [4.69, 9.17) is 5.73 Å². The number of fused-ring (bicyclic) bond motifs is 1. The molecule has 0 spiro atoms. The third kappa shape index (κ3) is 2.88. The zero-order chi connectivity index (χ0) is 17.4. The van der Waals surface area contributed by atoms with Crippen molar-refractivity contribution in [2.75, 3.05) is 24.5 Å². The SMILES string of the molecule is NC(=O)c1c[nH]c(C(=O)N2CCCC2CN2CCc3ccccc32)c1. The Hall–Kier alpha value is -2.76. The lowest BCUT2D eigenvalue weighted by molar-refractivity contribution is 0.0735. The molecule has 25 heavy (non-hydrogen) atoms. The molecule has 1 fully saturated rings. The van der Waals surface area contributed by atoms with Crippen LogP contribution >= 0.6 is 0 Å². The largest absolute Gasteiger partial charge is 0.369 e. The number of hydrogen-bond acceptors (Lipinski definition) is 3. The van der Waals surface area contributed by atoms with Crippen LogP contribution in [0.5, 0.6) is 0 Å². The molecule has 130 valence electrons. The van der Waals surface area contributed by atoms with E-state index in [-0.39, 0.29) is 11.9 Å². The highest BCUT2D eigenvalue weighted by Crippen LogP contribution is 2.30. The number of nitrogens with two attached hydrogens (primary N) is 1. The van der Waals surface area contributed by atoms with Crippen molar-refractivity contribution in [2.24, 2.45) is 5.73 Å². The minimum absolute atomic E-state index is 0.0533. The van der Waals surface area contributed by atoms with Crippen LogP contribution in [0.15, 0.2) is 36.5 Å². The first kappa shape index (κ1) is 15.7. The number of anilines is 1. The number of nitrogens with one attached hydrogen (secondary N) is 1. The highest BCUT2D eigenvalue weighted by Gasteiger charge is 2.33. The molecular formula is C19H22N4O2. The fourth-order valence-corrected chi connectivity index (χ4v) is 3.96. The van der Waals surface area contributed by atoms with Crippen LogP contribution < -0.4 is 10.6 Å². The predicted molar refractivity (Wildman–Crippen MR) is 95.7 cm³/mol. The molecule has 4 rings (SSSR count). The number of rotatable bonds is 4. The van der Waals surface area contributed by atoms with Crippen molar-refractivity contribution in [1.82, 2.24) is 9.88 Å². The first-order valence-electron chi connectivity index (χ1n) is 8.75. The highest BCUT2D eigenvalue weighted by molar-refractivity contribution is 5.98. The molecular weight excluding hydrogens is 316 g/mol. The number of nitrogens with zero attached hydrogens (tertiary/aromatic N) is 2.